The maximum atomic E-state index is 14.6. The van der Waals surface area contributed by atoms with Gasteiger partial charge in [0.05, 0.1) is 0 Å². The zero-order chi connectivity index (χ0) is 22.2. The van der Waals surface area contributed by atoms with E-state index in [1.807, 2.05) is 22.6 Å². The van der Waals surface area contributed by atoms with E-state index in [0.717, 1.165) is 12.1 Å². The Morgan fingerprint density at radius 3 is 2.17 bits per heavy atom. The van der Waals surface area contributed by atoms with Crippen LogP contribution in [0.25, 0.3) is 11.1 Å². The second kappa shape index (κ2) is 8.52. The molecule has 0 N–H and O–H groups in total. The van der Waals surface area contributed by atoms with Gasteiger partial charge in [0.1, 0.15) is 29.5 Å². The molecular weight excluding hydrogens is 531 g/mol. The van der Waals surface area contributed by atoms with Crippen LogP contribution in [0.3, 0.4) is 0 Å². The van der Waals surface area contributed by atoms with Crippen LogP contribution in [0, 0.1) is 11.6 Å². The summed E-state index contributed by atoms with van der Waals surface area (Å²) in [6.07, 6.45) is -2.53. The number of benzene rings is 1. The van der Waals surface area contributed by atoms with Gasteiger partial charge in [-0.05, 0) is 75.4 Å². The van der Waals surface area contributed by atoms with Crippen molar-refractivity contribution in [2.75, 3.05) is 0 Å². The van der Waals surface area contributed by atoms with Crippen LogP contribution in [-0.2, 0) is 0 Å². The molecule has 1 atom stereocenters. The first kappa shape index (κ1) is 22.5. The molecule has 0 radical (unpaired) electrons. The second-order valence-electron chi connectivity index (χ2n) is 6.44. The van der Waals surface area contributed by atoms with E-state index in [1.165, 1.54) is 12.2 Å². The van der Waals surface area contributed by atoms with Crippen LogP contribution in [0.4, 0.5) is 35.1 Å². The van der Waals surface area contributed by atoms with Gasteiger partial charge in [-0.1, -0.05) is 6.08 Å². The van der Waals surface area contributed by atoms with Crippen LogP contribution in [0.2, 0.25) is 0 Å². The van der Waals surface area contributed by atoms with Crippen molar-refractivity contribution in [2.45, 2.75) is 18.8 Å². The van der Waals surface area contributed by atoms with Gasteiger partial charge in [0.25, 0.3) is 0 Å². The molecule has 0 nitrogen and oxygen atoms in total. The lowest BCUT2D eigenvalue weighted by atomic mass is 9.96. The second-order valence-corrected chi connectivity index (χ2v) is 7.69. The molecule has 2 aliphatic rings. The third kappa shape index (κ3) is 4.93. The molecule has 1 unspecified atom stereocenters. The average Bonchev–Trinajstić information content (AvgIpc) is 2.59. The van der Waals surface area contributed by atoms with Crippen molar-refractivity contribution in [2.24, 2.45) is 0 Å². The fraction of sp³-hybridized carbons (Fsp3) is 0.143. The van der Waals surface area contributed by atoms with Gasteiger partial charge in [-0.25, -0.2) is 22.0 Å². The SMILES string of the molecule is FC1=CC(=c2c(F)cc(=C3C=CC(I)=CC3F)cc2F)CC(F)=C1/C=C/C(F)(F)F. The van der Waals surface area contributed by atoms with E-state index in [0.29, 0.717) is 9.66 Å². The van der Waals surface area contributed by atoms with Crippen molar-refractivity contribution in [3.8, 4) is 0 Å². The van der Waals surface area contributed by atoms with E-state index < -0.39 is 58.4 Å². The molecule has 2 aliphatic carbocycles. The summed E-state index contributed by atoms with van der Waals surface area (Å²) < 4.78 is 109. The highest BCUT2D eigenvalue weighted by atomic mass is 127. The lowest BCUT2D eigenvalue weighted by molar-refractivity contribution is -0.0798. The van der Waals surface area contributed by atoms with E-state index in [1.54, 1.807) is 6.08 Å². The van der Waals surface area contributed by atoms with Crippen LogP contribution >= 0.6 is 22.6 Å². The van der Waals surface area contributed by atoms with Gasteiger partial charge in [-0.3, -0.25) is 0 Å². The number of allylic oxidation sites excluding steroid dienone is 10. The topological polar surface area (TPSA) is 0 Å². The van der Waals surface area contributed by atoms with Crippen molar-refractivity contribution in [1.29, 1.82) is 0 Å². The largest absolute Gasteiger partial charge is 0.409 e. The zero-order valence-electron chi connectivity index (χ0n) is 14.8. The fourth-order valence-corrected chi connectivity index (χ4v) is 3.53. The molecule has 0 aromatic heterocycles. The third-order valence-corrected chi connectivity index (χ3v) is 5.08. The van der Waals surface area contributed by atoms with Crippen molar-refractivity contribution in [3.05, 3.63) is 91.5 Å². The summed E-state index contributed by atoms with van der Waals surface area (Å²) in [5.41, 5.74) is -1.36. The molecule has 9 heteroatoms. The molecule has 0 aliphatic heterocycles. The molecule has 158 valence electrons. The Kier molecular flexibility index (Phi) is 6.40. The normalized spacial score (nSPS) is 20.2. The number of halogens is 9. The molecule has 0 heterocycles. The molecule has 0 spiro atoms. The van der Waals surface area contributed by atoms with Crippen LogP contribution in [-0.4, -0.2) is 12.3 Å². The van der Waals surface area contributed by atoms with Crippen LogP contribution in [0.15, 0.2) is 69.4 Å². The summed E-state index contributed by atoms with van der Waals surface area (Å²) in [7, 11) is 0. The lowest BCUT2D eigenvalue weighted by Gasteiger charge is -2.14. The molecule has 0 saturated carbocycles. The minimum Gasteiger partial charge on any atom is -0.238 e. The summed E-state index contributed by atoms with van der Waals surface area (Å²) in [4.78, 5) is 0. The minimum atomic E-state index is -4.78. The van der Waals surface area contributed by atoms with E-state index in [-0.39, 0.29) is 22.9 Å². The van der Waals surface area contributed by atoms with Crippen molar-refractivity contribution in [3.63, 3.8) is 0 Å². The van der Waals surface area contributed by atoms with Crippen molar-refractivity contribution in [1.82, 2.24) is 0 Å². The van der Waals surface area contributed by atoms with Gasteiger partial charge in [0.2, 0.25) is 0 Å². The van der Waals surface area contributed by atoms with E-state index in [2.05, 4.69) is 0 Å². The Bertz CT molecular complexity index is 1130. The minimum absolute atomic E-state index is 0.0146. The number of hydrogen-bond donors (Lipinski definition) is 0. The number of hydrogen-bond acceptors (Lipinski definition) is 0. The van der Waals surface area contributed by atoms with Crippen molar-refractivity contribution >= 4 is 33.7 Å². The van der Waals surface area contributed by atoms with Crippen molar-refractivity contribution < 1.29 is 35.1 Å². The molecule has 0 bridgehead atoms. The van der Waals surface area contributed by atoms with E-state index >= 15 is 0 Å². The molecule has 1 aromatic rings. The Hall–Kier alpha value is -2.17. The highest BCUT2D eigenvalue weighted by molar-refractivity contribution is 14.1. The monoisotopic (exact) mass is 542 g/mol. The highest BCUT2D eigenvalue weighted by Gasteiger charge is 2.25. The van der Waals surface area contributed by atoms with E-state index in [4.69, 9.17) is 0 Å². The number of rotatable bonds is 1. The van der Waals surface area contributed by atoms with Crippen LogP contribution in [0.5, 0.6) is 0 Å². The summed E-state index contributed by atoms with van der Waals surface area (Å²) in [6, 6.07) is 1.69. The first-order valence-corrected chi connectivity index (χ1v) is 9.48. The maximum Gasteiger partial charge on any atom is 0.409 e. The fourth-order valence-electron chi connectivity index (χ4n) is 3.03. The summed E-state index contributed by atoms with van der Waals surface area (Å²) in [6.45, 7) is 0. The van der Waals surface area contributed by atoms with Crippen LogP contribution < -0.4 is 10.4 Å². The quantitative estimate of drug-likeness (QED) is 0.298. The molecule has 0 saturated heterocycles. The van der Waals surface area contributed by atoms with Gasteiger partial charge in [-0.2, -0.15) is 13.2 Å². The first-order valence-electron chi connectivity index (χ1n) is 8.40. The molecule has 3 rings (SSSR count). The number of alkyl halides is 4. The lowest BCUT2D eigenvalue weighted by Crippen LogP contribution is -2.24. The Labute approximate surface area is 179 Å². The molecule has 0 fully saturated rings. The standard InChI is InChI=1S/C21H11F8I/c22-15-7-11(8-16(23)14(15)3-4-21(27,28)29)20-18(25)5-10(6-19(20)26)13-2-1-12(30)9-17(13)24/h1-7,9,17H,8H2/b4-3+,13-10?,20-11?. The van der Waals surface area contributed by atoms with Gasteiger partial charge >= 0.3 is 6.18 Å². The first-order chi connectivity index (χ1) is 14.0. The molecule has 1 aromatic carbocycles. The molecular formula is C21H11F8I. The predicted molar refractivity (Wildman–Crippen MR) is 106 cm³/mol. The molecule has 30 heavy (non-hydrogen) atoms. The predicted octanol–water partition coefficient (Wildman–Crippen LogP) is 6.09. The summed E-state index contributed by atoms with van der Waals surface area (Å²) >= 11 is 1.89. The van der Waals surface area contributed by atoms with Gasteiger partial charge in [-0.15, -0.1) is 0 Å². The summed E-state index contributed by atoms with van der Waals surface area (Å²) in [5.74, 6) is -5.06. The highest BCUT2D eigenvalue weighted by Crippen LogP contribution is 2.32. The van der Waals surface area contributed by atoms with Gasteiger partial charge < -0.3 is 0 Å². The van der Waals surface area contributed by atoms with Gasteiger partial charge in [0, 0.05) is 26.9 Å². The average molecular weight is 542 g/mol. The zero-order valence-corrected chi connectivity index (χ0v) is 17.0. The Balaban J connectivity index is 2.11. The Morgan fingerprint density at radius 1 is 1.00 bits per heavy atom. The maximum absolute atomic E-state index is 14.6. The van der Waals surface area contributed by atoms with Gasteiger partial charge in [0.15, 0.2) is 0 Å². The van der Waals surface area contributed by atoms with E-state index in [9.17, 15) is 35.1 Å². The molecule has 0 amide bonds. The smallest absolute Gasteiger partial charge is 0.238 e. The van der Waals surface area contributed by atoms with Crippen LogP contribution in [0.1, 0.15) is 6.42 Å². The summed E-state index contributed by atoms with van der Waals surface area (Å²) in [5, 5.41) is -0.813. The third-order valence-electron chi connectivity index (χ3n) is 4.36. The Morgan fingerprint density at radius 2 is 1.63 bits per heavy atom.